The van der Waals surface area contributed by atoms with Crippen LogP contribution in [0, 0.1) is 13.8 Å². The van der Waals surface area contributed by atoms with Crippen LogP contribution in [0.5, 0.6) is 0 Å². The monoisotopic (exact) mass is 333 g/mol. The van der Waals surface area contributed by atoms with E-state index in [1.54, 1.807) is 12.3 Å². The lowest BCUT2D eigenvalue weighted by Crippen LogP contribution is -2.32. The number of benzene rings is 2. The lowest BCUT2D eigenvalue weighted by atomic mass is 10.1. The molecule has 0 atom stereocenters. The molecule has 5 heteroatoms. The molecule has 25 heavy (non-hydrogen) atoms. The van der Waals surface area contributed by atoms with Gasteiger partial charge in [-0.1, -0.05) is 24.3 Å². The molecule has 2 amide bonds. The van der Waals surface area contributed by atoms with Crippen molar-refractivity contribution in [3.05, 3.63) is 71.4 Å². The number of carbonyl (C=O) groups excluding carboxylic acids is 2. The van der Waals surface area contributed by atoms with Gasteiger partial charge in [-0.05, 0) is 49.2 Å². The molecule has 0 radical (unpaired) electrons. The predicted octanol–water partition coefficient (Wildman–Crippen LogP) is 3.22. The van der Waals surface area contributed by atoms with Crippen LogP contribution >= 0.6 is 0 Å². The molecule has 126 valence electrons. The Morgan fingerprint density at radius 2 is 1.80 bits per heavy atom. The summed E-state index contributed by atoms with van der Waals surface area (Å²) < 4.78 is 0. The Balaban J connectivity index is 1.59. The second-order valence-electron chi connectivity index (χ2n) is 5.95. The number of nitrogens with one attached hydrogen (secondary N) is 2. The molecule has 0 spiro atoms. The molecule has 0 saturated carbocycles. The largest absolute Gasteiger partial charge is 0.343 e. The fourth-order valence-electron chi connectivity index (χ4n) is 2.49. The first kappa shape index (κ1) is 16.6. The molecule has 0 aliphatic rings. The quantitative estimate of drug-likeness (QED) is 0.770. The van der Waals surface area contributed by atoms with Crippen molar-refractivity contribution >= 4 is 28.4 Å². The Morgan fingerprint density at radius 1 is 1.00 bits per heavy atom. The van der Waals surface area contributed by atoms with Crippen molar-refractivity contribution in [3.8, 4) is 0 Å². The van der Waals surface area contributed by atoms with Gasteiger partial charge in [-0.15, -0.1) is 0 Å². The molecule has 5 nitrogen and oxygen atoms in total. The van der Waals surface area contributed by atoms with E-state index in [0.29, 0.717) is 11.3 Å². The number of carbonyl (C=O) groups is 2. The van der Waals surface area contributed by atoms with Gasteiger partial charge in [-0.25, -0.2) is 0 Å². The van der Waals surface area contributed by atoms with E-state index in [4.69, 9.17) is 0 Å². The van der Waals surface area contributed by atoms with E-state index in [0.717, 1.165) is 22.0 Å². The summed E-state index contributed by atoms with van der Waals surface area (Å²) in [5.74, 6) is -0.566. The summed E-state index contributed by atoms with van der Waals surface area (Å²) in [5.41, 5.74) is 4.17. The summed E-state index contributed by atoms with van der Waals surface area (Å²) in [6.07, 6.45) is 1.60. The van der Waals surface area contributed by atoms with Crippen molar-refractivity contribution in [1.29, 1.82) is 0 Å². The first-order valence-electron chi connectivity index (χ1n) is 8.03. The summed E-state index contributed by atoms with van der Waals surface area (Å²) in [7, 11) is 0. The molecule has 3 aromatic rings. The van der Waals surface area contributed by atoms with Crippen molar-refractivity contribution in [2.45, 2.75) is 13.8 Å². The number of aromatic nitrogens is 1. The standard InChI is InChI=1S/C20H19N3O2/c1-13-7-8-16(9-14(13)2)20(25)22-12-19(24)23-17-10-15-5-3-4-6-18(15)21-11-17/h3-11H,12H2,1-2H3,(H,22,25)(H,23,24). The Kier molecular flexibility index (Phi) is 4.75. The number of aryl methyl sites for hydroxylation is 2. The maximum atomic E-state index is 12.1. The number of para-hydroxylation sites is 1. The van der Waals surface area contributed by atoms with Gasteiger partial charge in [0.1, 0.15) is 0 Å². The molecule has 0 aliphatic heterocycles. The maximum absolute atomic E-state index is 12.1. The average Bonchev–Trinajstić information content (AvgIpc) is 2.62. The molecule has 0 saturated heterocycles. The molecule has 2 N–H and O–H groups in total. The van der Waals surface area contributed by atoms with E-state index in [2.05, 4.69) is 15.6 Å². The van der Waals surface area contributed by atoms with Crippen molar-refractivity contribution in [3.63, 3.8) is 0 Å². The zero-order valence-electron chi connectivity index (χ0n) is 14.2. The lowest BCUT2D eigenvalue weighted by Gasteiger charge is -2.08. The van der Waals surface area contributed by atoms with E-state index in [9.17, 15) is 9.59 Å². The number of hydrogen-bond donors (Lipinski definition) is 2. The molecule has 0 fully saturated rings. The predicted molar refractivity (Wildman–Crippen MR) is 98.6 cm³/mol. The number of pyridine rings is 1. The highest BCUT2D eigenvalue weighted by Gasteiger charge is 2.09. The van der Waals surface area contributed by atoms with Crippen molar-refractivity contribution < 1.29 is 9.59 Å². The number of rotatable bonds is 4. The molecule has 3 rings (SSSR count). The molecule has 2 aromatic carbocycles. The Morgan fingerprint density at radius 3 is 2.60 bits per heavy atom. The van der Waals surface area contributed by atoms with Crippen molar-refractivity contribution in [2.24, 2.45) is 0 Å². The molecular weight excluding hydrogens is 314 g/mol. The van der Waals surface area contributed by atoms with Gasteiger partial charge in [0.25, 0.3) is 5.91 Å². The van der Waals surface area contributed by atoms with Gasteiger partial charge in [-0.2, -0.15) is 0 Å². The van der Waals surface area contributed by atoms with E-state index in [1.807, 2.05) is 56.3 Å². The minimum Gasteiger partial charge on any atom is -0.343 e. The van der Waals surface area contributed by atoms with Gasteiger partial charge >= 0.3 is 0 Å². The summed E-state index contributed by atoms with van der Waals surface area (Å²) in [5, 5.41) is 6.32. The maximum Gasteiger partial charge on any atom is 0.251 e. The highest BCUT2D eigenvalue weighted by atomic mass is 16.2. The van der Waals surface area contributed by atoms with Gasteiger partial charge in [0.2, 0.25) is 5.91 Å². The van der Waals surface area contributed by atoms with Crippen molar-refractivity contribution in [1.82, 2.24) is 10.3 Å². The van der Waals surface area contributed by atoms with Gasteiger partial charge < -0.3 is 10.6 Å². The van der Waals surface area contributed by atoms with Gasteiger partial charge in [0.15, 0.2) is 0 Å². The number of nitrogens with zero attached hydrogens (tertiary/aromatic N) is 1. The highest BCUT2D eigenvalue weighted by molar-refractivity contribution is 6.00. The third-order valence-electron chi connectivity index (χ3n) is 4.05. The number of hydrogen-bond acceptors (Lipinski definition) is 3. The first-order chi connectivity index (χ1) is 12.0. The highest BCUT2D eigenvalue weighted by Crippen LogP contribution is 2.15. The molecule has 0 bridgehead atoms. The molecule has 0 unspecified atom stereocenters. The zero-order chi connectivity index (χ0) is 17.8. The van der Waals surface area contributed by atoms with Crippen LogP contribution in [0.1, 0.15) is 21.5 Å². The van der Waals surface area contributed by atoms with Gasteiger partial charge in [-0.3, -0.25) is 14.6 Å². The third kappa shape index (κ3) is 4.01. The summed E-state index contributed by atoms with van der Waals surface area (Å²) >= 11 is 0. The van der Waals surface area contributed by atoms with Crippen LogP contribution in [0.15, 0.2) is 54.7 Å². The minimum atomic E-state index is -0.297. The Hall–Kier alpha value is -3.21. The summed E-state index contributed by atoms with van der Waals surface area (Å²) in [6, 6.07) is 15.0. The number of anilines is 1. The second-order valence-corrected chi connectivity index (χ2v) is 5.95. The SMILES string of the molecule is Cc1ccc(C(=O)NCC(=O)Nc2cnc3ccccc3c2)cc1C. The topological polar surface area (TPSA) is 71.1 Å². The fourth-order valence-corrected chi connectivity index (χ4v) is 2.49. The number of fused-ring (bicyclic) bond motifs is 1. The molecule has 0 aliphatic carbocycles. The van der Waals surface area contributed by atoms with Crippen LogP contribution in [0.25, 0.3) is 10.9 Å². The minimum absolute atomic E-state index is 0.0986. The van der Waals surface area contributed by atoms with E-state index in [1.165, 1.54) is 0 Å². The van der Waals surface area contributed by atoms with Crippen LogP contribution in [0.4, 0.5) is 5.69 Å². The smallest absolute Gasteiger partial charge is 0.251 e. The summed E-state index contributed by atoms with van der Waals surface area (Å²) in [4.78, 5) is 28.5. The Bertz CT molecular complexity index is 951. The third-order valence-corrected chi connectivity index (χ3v) is 4.05. The van der Waals surface area contributed by atoms with Crippen LogP contribution in [0.2, 0.25) is 0 Å². The molecule has 1 heterocycles. The van der Waals surface area contributed by atoms with Crippen LogP contribution in [-0.4, -0.2) is 23.3 Å². The van der Waals surface area contributed by atoms with Gasteiger partial charge in [0.05, 0.1) is 23.9 Å². The van der Waals surface area contributed by atoms with E-state index >= 15 is 0 Å². The second kappa shape index (κ2) is 7.13. The van der Waals surface area contributed by atoms with Crippen LogP contribution in [0.3, 0.4) is 0 Å². The normalized spacial score (nSPS) is 10.5. The zero-order valence-corrected chi connectivity index (χ0v) is 14.2. The van der Waals surface area contributed by atoms with Crippen molar-refractivity contribution in [2.75, 3.05) is 11.9 Å². The molecule has 1 aromatic heterocycles. The number of amides is 2. The summed E-state index contributed by atoms with van der Waals surface area (Å²) in [6.45, 7) is 3.84. The fraction of sp³-hybridized carbons (Fsp3) is 0.150. The van der Waals surface area contributed by atoms with Gasteiger partial charge in [0, 0.05) is 10.9 Å². The van der Waals surface area contributed by atoms with E-state index < -0.39 is 0 Å². The Labute approximate surface area is 146 Å². The lowest BCUT2D eigenvalue weighted by molar-refractivity contribution is -0.115. The average molecular weight is 333 g/mol. The van der Waals surface area contributed by atoms with Crippen LogP contribution in [-0.2, 0) is 4.79 Å². The first-order valence-corrected chi connectivity index (χ1v) is 8.03. The molecular formula is C20H19N3O2. The van der Waals surface area contributed by atoms with E-state index in [-0.39, 0.29) is 18.4 Å². The van der Waals surface area contributed by atoms with Crippen LogP contribution < -0.4 is 10.6 Å².